The minimum Gasteiger partial charge on any atom is -0.493 e. The highest BCUT2D eigenvalue weighted by atomic mass is 16.5. The molecule has 0 radical (unpaired) electrons. The molecule has 2 amide bonds. The van der Waals surface area contributed by atoms with E-state index in [4.69, 9.17) is 9.47 Å². The van der Waals surface area contributed by atoms with E-state index in [2.05, 4.69) is 10.6 Å². The summed E-state index contributed by atoms with van der Waals surface area (Å²) in [6, 6.07) is 9.05. The Bertz CT molecular complexity index is 954. The van der Waals surface area contributed by atoms with E-state index in [0.29, 0.717) is 17.2 Å². The molecule has 0 heterocycles. The zero-order valence-corrected chi connectivity index (χ0v) is 16.3. The van der Waals surface area contributed by atoms with Gasteiger partial charge in [0.15, 0.2) is 11.5 Å². The number of carboxylic acid groups (broad SMARTS) is 1. The van der Waals surface area contributed by atoms with E-state index in [1.54, 1.807) is 24.3 Å². The molecule has 2 atom stereocenters. The van der Waals surface area contributed by atoms with E-state index >= 15 is 0 Å². The van der Waals surface area contributed by atoms with Crippen LogP contribution in [0.4, 0.5) is 11.4 Å². The average molecular weight is 398 g/mol. The Hall–Kier alpha value is -3.55. The molecule has 152 valence electrons. The van der Waals surface area contributed by atoms with Crippen molar-refractivity contribution in [1.82, 2.24) is 0 Å². The highest BCUT2D eigenvalue weighted by Gasteiger charge is 2.39. The molecule has 1 aliphatic carbocycles. The van der Waals surface area contributed by atoms with E-state index in [1.807, 2.05) is 6.92 Å². The van der Waals surface area contributed by atoms with E-state index in [9.17, 15) is 19.5 Å². The van der Waals surface area contributed by atoms with Crippen molar-refractivity contribution in [2.75, 3.05) is 24.9 Å². The first-order valence-corrected chi connectivity index (χ1v) is 9.05. The Morgan fingerprint density at radius 1 is 1.00 bits per heavy atom. The summed E-state index contributed by atoms with van der Waals surface area (Å²) >= 11 is 0. The van der Waals surface area contributed by atoms with Gasteiger partial charge in [0, 0.05) is 17.2 Å². The van der Waals surface area contributed by atoms with Gasteiger partial charge >= 0.3 is 5.97 Å². The second-order valence-electron chi connectivity index (χ2n) is 6.90. The number of rotatable bonds is 7. The Balaban J connectivity index is 1.76. The molecule has 0 spiro atoms. The first-order valence-electron chi connectivity index (χ1n) is 9.05. The lowest BCUT2D eigenvalue weighted by Gasteiger charge is -2.15. The maximum absolute atomic E-state index is 12.6. The van der Waals surface area contributed by atoms with Gasteiger partial charge in [0.1, 0.15) is 0 Å². The van der Waals surface area contributed by atoms with Crippen molar-refractivity contribution in [3.8, 4) is 11.5 Å². The molecule has 0 bridgehead atoms. The summed E-state index contributed by atoms with van der Waals surface area (Å²) in [5.74, 6) is -0.760. The molecule has 1 fully saturated rings. The first kappa shape index (κ1) is 20.2. The molecule has 8 nitrogen and oxygen atoms in total. The van der Waals surface area contributed by atoms with Gasteiger partial charge in [0.2, 0.25) is 5.91 Å². The van der Waals surface area contributed by atoms with Gasteiger partial charge < -0.3 is 25.2 Å². The number of ether oxygens (including phenoxy) is 2. The normalized spacial score (nSPS) is 17.2. The van der Waals surface area contributed by atoms with Crippen molar-refractivity contribution in [2.24, 2.45) is 11.8 Å². The Labute approximate surface area is 167 Å². The third kappa shape index (κ3) is 4.48. The summed E-state index contributed by atoms with van der Waals surface area (Å²) in [5.41, 5.74) is 1.07. The van der Waals surface area contributed by atoms with Crippen LogP contribution in [0.5, 0.6) is 11.5 Å². The molecule has 0 saturated heterocycles. The second kappa shape index (κ2) is 8.22. The molecule has 3 rings (SSSR count). The van der Waals surface area contributed by atoms with Gasteiger partial charge in [-0.05, 0) is 48.7 Å². The van der Waals surface area contributed by atoms with Gasteiger partial charge in [-0.2, -0.15) is 0 Å². The molecule has 8 heteroatoms. The maximum atomic E-state index is 12.6. The number of carbonyl (C=O) groups is 3. The maximum Gasteiger partial charge on any atom is 0.335 e. The van der Waals surface area contributed by atoms with Crippen LogP contribution in [0.3, 0.4) is 0 Å². The predicted molar refractivity (Wildman–Crippen MR) is 107 cm³/mol. The van der Waals surface area contributed by atoms with Crippen LogP contribution in [-0.4, -0.2) is 37.1 Å². The van der Waals surface area contributed by atoms with Crippen LogP contribution in [0.25, 0.3) is 0 Å². The van der Waals surface area contributed by atoms with E-state index in [1.165, 1.54) is 26.4 Å². The van der Waals surface area contributed by atoms with Crippen molar-refractivity contribution in [3.63, 3.8) is 0 Å². The number of anilines is 2. The summed E-state index contributed by atoms with van der Waals surface area (Å²) in [5, 5.41) is 14.7. The van der Waals surface area contributed by atoms with Crippen LogP contribution < -0.4 is 20.1 Å². The number of hydrogen-bond donors (Lipinski definition) is 3. The summed E-state index contributed by atoms with van der Waals surface area (Å²) in [6.07, 6.45) is 0.896. The summed E-state index contributed by atoms with van der Waals surface area (Å²) in [6.45, 7) is 2.03. The Morgan fingerprint density at radius 2 is 1.66 bits per heavy atom. The highest BCUT2D eigenvalue weighted by molar-refractivity contribution is 6.06. The molecule has 0 aromatic heterocycles. The number of carboxylic acids is 1. The topological polar surface area (TPSA) is 114 Å². The van der Waals surface area contributed by atoms with Gasteiger partial charge in [-0.15, -0.1) is 0 Å². The lowest BCUT2D eigenvalue weighted by Crippen LogP contribution is -2.16. The number of nitrogens with one attached hydrogen (secondary N) is 2. The van der Waals surface area contributed by atoms with Crippen LogP contribution in [0.15, 0.2) is 36.4 Å². The molecule has 2 unspecified atom stereocenters. The number of benzene rings is 2. The molecule has 1 saturated carbocycles. The van der Waals surface area contributed by atoms with Crippen molar-refractivity contribution in [3.05, 3.63) is 47.5 Å². The van der Waals surface area contributed by atoms with Gasteiger partial charge in [-0.3, -0.25) is 9.59 Å². The SMILES string of the molecule is COc1cc(C(=O)O)cc(NC(=O)c2ccc(NC(=O)C3CC3C)cc2)c1OC. The molecule has 2 aromatic rings. The average Bonchev–Trinajstić information content (AvgIpc) is 3.44. The van der Waals surface area contributed by atoms with E-state index < -0.39 is 11.9 Å². The van der Waals surface area contributed by atoms with Gasteiger partial charge in [-0.1, -0.05) is 6.92 Å². The summed E-state index contributed by atoms with van der Waals surface area (Å²) in [4.78, 5) is 35.9. The summed E-state index contributed by atoms with van der Waals surface area (Å²) in [7, 11) is 2.77. The first-order chi connectivity index (χ1) is 13.8. The third-order valence-corrected chi connectivity index (χ3v) is 4.83. The van der Waals surface area contributed by atoms with Crippen molar-refractivity contribution < 1.29 is 29.0 Å². The highest BCUT2D eigenvalue weighted by Crippen LogP contribution is 2.39. The third-order valence-electron chi connectivity index (χ3n) is 4.83. The largest absolute Gasteiger partial charge is 0.493 e. The van der Waals surface area contributed by atoms with Crippen molar-refractivity contribution in [1.29, 1.82) is 0 Å². The molecule has 2 aromatic carbocycles. The second-order valence-corrected chi connectivity index (χ2v) is 6.90. The molecule has 3 N–H and O–H groups in total. The van der Waals surface area contributed by atoms with Crippen molar-refractivity contribution >= 4 is 29.2 Å². The van der Waals surface area contributed by atoms with Crippen LogP contribution in [-0.2, 0) is 4.79 Å². The van der Waals surface area contributed by atoms with Crippen LogP contribution in [0.1, 0.15) is 34.1 Å². The number of carbonyl (C=O) groups excluding carboxylic acids is 2. The zero-order chi connectivity index (χ0) is 21.1. The van der Waals surface area contributed by atoms with E-state index in [0.717, 1.165) is 6.42 Å². The lowest BCUT2D eigenvalue weighted by atomic mass is 10.1. The number of amides is 2. The molecule has 0 aliphatic heterocycles. The van der Waals surface area contributed by atoms with Crippen LogP contribution >= 0.6 is 0 Å². The monoisotopic (exact) mass is 398 g/mol. The standard InChI is InChI=1S/C21H22N2O6/c1-11-8-15(11)20(25)22-14-6-4-12(5-7-14)19(24)23-16-9-13(21(26)27)10-17(28-2)18(16)29-3/h4-7,9-11,15H,8H2,1-3H3,(H,22,25)(H,23,24)(H,26,27). The lowest BCUT2D eigenvalue weighted by molar-refractivity contribution is -0.117. The molecule has 1 aliphatic rings. The molecule has 29 heavy (non-hydrogen) atoms. The van der Waals surface area contributed by atoms with Crippen LogP contribution in [0, 0.1) is 11.8 Å². The Morgan fingerprint density at radius 3 is 2.17 bits per heavy atom. The number of hydrogen-bond acceptors (Lipinski definition) is 5. The minimum atomic E-state index is -1.16. The fraction of sp³-hybridized carbons (Fsp3) is 0.286. The van der Waals surface area contributed by atoms with E-state index in [-0.39, 0.29) is 34.6 Å². The number of methoxy groups -OCH3 is 2. The van der Waals surface area contributed by atoms with Crippen molar-refractivity contribution in [2.45, 2.75) is 13.3 Å². The number of aromatic carboxylic acids is 1. The summed E-state index contributed by atoms with van der Waals surface area (Å²) < 4.78 is 10.4. The zero-order valence-electron chi connectivity index (χ0n) is 16.3. The van der Waals surface area contributed by atoms with Gasteiger partial charge in [0.25, 0.3) is 5.91 Å². The van der Waals surface area contributed by atoms with Gasteiger partial charge in [-0.25, -0.2) is 4.79 Å². The predicted octanol–water partition coefficient (Wildman–Crippen LogP) is 3.25. The van der Waals surface area contributed by atoms with Crippen LogP contribution in [0.2, 0.25) is 0 Å². The minimum absolute atomic E-state index is 0.0166. The smallest absolute Gasteiger partial charge is 0.335 e. The Kier molecular flexibility index (Phi) is 5.72. The fourth-order valence-electron chi connectivity index (χ4n) is 3.00. The molecular weight excluding hydrogens is 376 g/mol. The quantitative estimate of drug-likeness (QED) is 0.660. The van der Waals surface area contributed by atoms with Gasteiger partial charge in [0.05, 0.1) is 25.5 Å². The molecular formula is C21H22N2O6. The fourth-order valence-corrected chi connectivity index (χ4v) is 3.00.